The van der Waals surface area contributed by atoms with Crippen molar-refractivity contribution < 1.29 is 24.0 Å². The number of methoxy groups -OCH3 is 2. The number of rotatable bonds is 6. The lowest BCUT2D eigenvalue weighted by atomic mass is 10.1. The molecule has 2 aromatic carbocycles. The third-order valence-electron chi connectivity index (χ3n) is 3.31. The maximum absolute atomic E-state index is 12.4. The number of amides is 1. The quantitative estimate of drug-likeness (QED) is 0.490. The van der Waals surface area contributed by atoms with Crippen LogP contribution in [0.15, 0.2) is 42.5 Å². The standard InChI is InChI=1S/C17H16N2O6/c1-24-10-11-4-3-5-12(6-11)16(20)18-14-7-13(17(21)25-2)8-15(9-14)19(22)23/h3-9H,10H2,1-2H3,(H,18,20). The zero-order chi connectivity index (χ0) is 18.4. The molecule has 0 aliphatic carbocycles. The van der Waals surface area contributed by atoms with Crippen molar-refractivity contribution in [3.8, 4) is 0 Å². The van der Waals surface area contributed by atoms with Gasteiger partial charge in [-0.2, -0.15) is 0 Å². The molecule has 8 nitrogen and oxygen atoms in total. The van der Waals surface area contributed by atoms with Gasteiger partial charge < -0.3 is 14.8 Å². The van der Waals surface area contributed by atoms with E-state index >= 15 is 0 Å². The van der Waals surface area contributed by atoms with Crippen molar-refractivity contribution in [1.82, 2.24) is 0 Å². The van der Waals surface area contributed by atoms with Gasteiger partial charge in [0, 0.05) is 30.5 Å². The minimum Gasteiger partial charge on any atom is -0.465 e. The lowest BCUT2D eigenvalue weighted by molar-refractivity contribution is -0.384. The molecule has 0 saturated heterocycles. The van der Waals surface area contributed by atoms with E-state index in [1.165, 1.54) is 19.2 Å². The predicted octanol–water partition coefficient (Wildman–Crippen LogP) is 2.78. The fraction of sp³-hybridized carbons (Fsp3) is 0.176. The van der Waals surface area contributed by atoms with Crippen LogP contribution >= 0.6 is 0 Å². The summed E-state index contributed by atoms with van der Waals surface area (Å²) in [5.41, 5.74) is 0.938. The normalized spacial score (nSPS) is 10.2. The second kappa shape index (κ2) is 8.02. The Morgan fingerprint density at radius 2 is 1.88 bits per heavy atom. The first kappa shape index (κ1) is 18.1. The number of anilines is 1. The minimum absolute atomic E-state index is 0.0277. The van der Waals surface area contributed by atoms with Crippen molar-refractivity contribution in [3.05, 3.63) is 69.3 Å². The molecular weight excluding hydrogens is 328 g/mol. The van der Waals surface area contributed by atoms with E-state index in [2.05, 4.69) is 10.1 Å². The van der Waals surface area contributed by atoms with Gasteiger partial charge in [-0.15, -0.1) is 0 Å². The molecule has 8 heteroatoms. The highest BCUT2D eigenvalue weighted by Gasteiger charge is 2.16. The Morgan fingerprint density at radius 3 is 2.52 bits per heavy atom. The van der Waals surface area contributed by atoms with Crippen LogP contribution in [-0.2, 0) is 16.1 Å². The molecule has 0 fully saturated rings. The van der Waals surface area contributed by atoms with Gasteiger partial charge in [-0.25, -0.2) is 4.79 Å². The van der Waals surface area contributed by atoms with Crippen LogP contribution in [0.1, 0.15) is 26.3 Å². The van der Waals surface area contributed by atoms with Gasteiger partial charge in [0.05, 0.1) is 24.2 Å². The van der Waals surface area contributed by atoms with E-state index in [1.54, 1.807) is 25.3 Å². The molecule has 25 heavy (non-hydrogen) atoms. The number of ether oxygens (including phenoxy) is 2. The number of hydrogen-bond acceptors (Lipinski definition) is 6. The van der Waals surface area contributed by atoms with Gasteiger partial charge in [0.25, 0.3) is 11.6 Å². The number of nitro groups is 1. The number of nitro benzene ring substituents is 1. The fourth-order valence-electron chi connectivity index (χ4n) is 2.20. The Bertz CT molecular complexity index is 819. The topological polar surface area (TPSA) is 108 Å². The summed E-state index contributed by atoms with van der Waals surface area (Å²) < 4.78 is 9.59. The summed E-state index contributed by atoms with van der Waals surface area (Å²) in [6.45, 7) is 0.352. The lowest BCUT2D eigenvalue weighted by Crippen LogP contribution is -2.13. The zero-order valence-corrected chi connectivity index (χ0v) is 13.6. The van der Waals surface area contributed by atoms with Gasteiger partial charge >= 0.3 is 5.97 Å². The second-order valence-electron chi connectivity index (χ2n) is 5.10. The van der Waals surface area contributed by atoms with Crippen molar-refractivity contribution in [3.63, 3.8) is 0 Å². The highest BCUT2D eigenvalue weighted by Crippen LogP contribution is 2.22. The van der Waals surface area contributed by atoms with Crippen molar-refractivity contribution >= 4 is 23.3 Å². The predicted molar refractivity (Wildman–Crippen MR) is 89.5 cm³/mol. The van der Waals surface area contributed by atoms with E-state index in [9.17, 15) is 19.7 Å². The van der Waals surface area contributed by atoms with E-state index in [4.69, 9.17) is 4.74 Å². The van der Waals surface area contributed by atoms with Crippen molar-refractivity contribution in [2.24, 2.45) is 0 Å². The monoisotopic (exact) mass is 344 g/mol. The molecule has 0 unspecified atom stereocenters. The number of benzene rings is 2. The summed E-state index contributed by atoms with van der Waals surface area (Å²) >= 11 is 0. The van der Waals surface area contributed by atoms with Gasteiger partial charge in [0.15, 0.2) is 0 Å². The first-order chi connectivity index (χ1) is 11.9. The van der Waals surface area contributed by atoms with Crippen LogP contribution < -0.4 is 5.32 Å². The van der Waals surface area contributed by atoms with Crippen molar-refractivity contribution in [1.29, 1.82) is 0 Å². The summed E-state index contributed by atoms with van der Waals surface area (Å²) in [5.74, 6) is -1.20. The Kier molecular flexibility index (Phi) is 5.80. The zero-order valence-electron chi connectivity index (χ0n) is 13.6. The Hall–Kier alpha value is -3.26. The van der Waals surface area contributed by atoms with E-state index in [0.29, 0.717) is 12.2 Å². The molecule has 0 bridgehead atoms. The third kappa shape index (κ3) is 4.61. The van der Waals surface area contributed by atoms with Crippen LogP contribution in [0.3, 0.4) is 0 Å². The van der Waals surface area contributed by atoms with Crippen LogP contribution in [-0.4, -0.2) is 31.0 Å². The Labute approximate surface area is 143 Å². The summed E-state index contributed by atoms with van der Waals surface area (Å²) in [5, 5.41) is 13.6. The number of nitrogens with one attached hydrogen (secondary N) is 1. The van der Waals surface area contributed by atoms with Crippen LogP contribution in [0.5, 0.6) is 0 Å². The molecule has 0 aliphatic heterocycles. The molecule has 130 valence electrons. The maximum Gasteiger partial charge on any atom is 0.338 e. The highest BCUT2D eigenvalue weighted by atomic mass is 16.6. The number of esters is 1. The average molecular weight is 344 g/mol. The van der Waals surface area contributed by atoms with Gasteiger partial charge in [-0.1, -0.05) is 12.1 Å². The third-order valence-corrected chi connectivity index (χ3v) is 3.31. The largest absolute Gasteiger partial charge is 0.465 e. The van der Waals surface area contributed by atoms with E-state index in [-0.39, 0.29) is 16.9 Å². The van der Waals surface area contributed by atoms with E-state index < -0.39 is 16.8 Å². The maximum atomic E-state index is 12.4. The van der Waals surface area contributed by atoms with Crippen LogP contribution in [0.2, 0.25) is 0 Å². The molecule has 0 spiro atoms. The van der Waals surface area contributed by atoms with Gasteiger partial charge in [0.1, 0.15) is 0 Å². The van der Waals surface area contributed by atoms with Gasteiger partial charge in [-0.05, 0) is 23.8 Å². The smallest absolute Gasteiger partial charge is 0.338 e. The number of carbonyl (C=O) groups is 2. The first-order valence-corrected chi connectivity index (χ1v) is 7.21. The van der Waals surface area contributed by atoms with Crippen molar-refractivity contribution in [2.45, 2.75) is 6.61 Å². The highest BCUT2D eigenvalue weighted by molar-refractivity contribution is 6.05. The molecule has 0 aromatic heterocycles. The molecule has 1 N–H and O–H groups in total. The summed E-state index contributed by atoms with van der Waals surface area (Å²) in [6, 6.07) is 10.3. The van der Waals surface area contributed by atoms with Gasteiger partial charge in [0.2, 0.25) is 0 Å². The molecule has 0 aliphatic rings. The van der Waals surface area contributed by atoms with E-state index in [1.807, 2.05) is 6.07 Å². The van der Waals surface area contributed by atoms with Crippen LogP contribution in [0, 0.1) is 10.1 Å². The molecule has 0 radical (unpaired) electrons. The number of carbonyl (C=O) groups excluding carboxylic acids is 2. The minimum atomic E-state index is -0.735. The second-order valence-corrected chi connectivity index (χ2v) is 5.10. The molecule has 2 rings (SSSR count). The van der Waals surface area contributed by atoms with Crippen molar-refractivity contribution in [2.75, 3.05) is 19.5 Å². The summed E-state index contributed by atoms with van der Waals surface area (Å²) in [6.07, 6.45) is 0. The number of hydrogen-bond donors (Lipinski definition) is 1. The first-order valence-electron chi connectivity index (χ1n) is 7.21. The van der Waals surface area contributed by atoms with E-state index in [0.717, 1.165) is 11.6 Å². The molecular formula is C17H16N2O6. The molecule has 2 aromatic rings. The molecule has 0 atom stereocenters. The number of non-ortho nitro benzene ring substituents is 1. The SMILES string of the molecule is COCc1cccc(C(=O)Nc2cc(C(=O)OC)cc([N+](=O)[O-])c2)c1. The Morgan fingerprint density at radius 1 is 1.12 bits per heavy atom. The van der Waals surface area contributed by atoms with Crippen LogP contribution in [0.25, 0.3) is 0 Å². The Balaban J connectivity index is 2.30. The summed E-state index contributed by atoms with van der Waals surface area (Å²) in [7, 11) is 2.71. The summed E-state index contributed by atoms with van der Waals surface area (Å²) in [4.78, 5) is 34.4. The average Bonchev–Trinajstić information content (AvgIpc) is 2.61. The molecule has 1 amide bonds. The molecule has 0 heterocycles. The lowest BCUT2D eigenvalue weighted by Gasteiger charge is -2.08. The van der Waals surface area contributed by atoms with Gasteiger partial charge in [-0.3, -0.25) is 14.9 Å². The fourth-order valence-corrected chi connectivity index (χ4v) is 2.20. The molecule has 0 saturated carbocycles. The van der Waals surface area contributed by atoms with Crippen LogP contribution in [0.4, 0.5) is 11.4 Å². The number of nitrogens with zero attached hydrogens (tertiary/aromatic N) is 1.